The van der Waals surface area contributed by atoms with Gasteiger partial charge in [0.2, 0.25) is 0 Å². The van der Waals surface area contributed by atoms with Gasteiger partial charge in [-0.1, -0.05) is 86.7 Å². The summed E-state index contributed by atoms with van der Waals surface area (Å²) in [5.74, 6) is 0.649. The summed E-state index contributed by atoms with van der Waals surface area (Å²) in [6.45, 7) is 0. The molecule has 4 rings (SSSR count). The van der Waals surface area contributed by atoms with Crippen LogP contribution in [0.4, 0.5) is 0 Å². The maximum atomic E-state index is 4.65. The van der Waals surface area contributed by atoms with Gasteiger partial charge < -0.3 is 0 Å². The molecule has 0 radical (unpaired) electrons. The molecule has 0 atom stereocenters. The van der Waals surface area contributed by atoms with E-state index in [1.165, 1.54) is 67.2 Å². The molecule has 0 N–H and O–H groups in total. The number of nitrogens with zero attached hydrogens (tertiary/aromatic N) is 1. The maximum absolute atomic E-state index is 4.65. The van der Waals surface area contributed by atoms with Gasteiger partial charge in [-0.05, 0) is 47.6 Å². The van der Waals surface area contributed by atoms with Crippen LogP contribution in [0, 0.1) is 0 Å². The van der Waals surface area contributed by atoms with Gasteiger partial charge in [0.25, 0.3) is 0 Å². The van der Waals surface area contributed by atoms with E-state index in [1.54, 1.807) is 0 Å². The highest BCUT2D eigenvalue weighted by Crippen LogP contribution is 2.38. The van der Waals surface area contributed by atoms with Crippen LogP contribution in [0.5, 0.6) is 0 Å². The molecule has 132 valence electrons. The van der Waals surface area contributed by atoms with E-state index < -0.39 is 0 Å². The molecule has 0 unspecified atom stereocenters. The summed E-state index contributed by atoms with van der Waals surface area (Å²) in [5.41, 5.74) is 6.53. The predicted octanol–water partition coefficient (Wildman–Crippen LogP) is 7.24. The third kappa shape index (κ3) is 3.88. The summed E-state index contributed by atoms with van der Waals surface area (Å²) in [6, 6.07) is 24.0. The highest BCUT2D eigenvalue weighted by atomic mass is 14.7. The van der Waals surface area contributed by atoms with Crippen LogP contribution in [0.2, 0.25) is 0 Å². The minimum absolute atomic E-state index is 0.649. The predicted molar refractivity (Wildman–Crippen MR) is 110 cm³/mol. The zero-order chi connectivity index (χ0) is 17.6. The van der Waals surface area contributed by atoms with Crippen LogP contribution in [-0.2, 0) is 0 Å². The summed E-state index contributed by atoms with van der Waals surface area (Å²) in [6.07, 6.45) is 11.4. The smallest absolute Gasteiger partial charge is 0.0704 e. The summed E-state index contributed by atoms with van der Waals surface area (Å²) < 4.78 is 0. The Morgan fingerprint density at radius 2 is 1.38 bits per heavy atom. The van der Waals surface area contributed by atoms with Crippen LogP contribution in [0.3, 0.4) is 0 Å². The minimum Gasteiger partial charge on any atom is -0.256 e. The molecule has 0 saturated heterocycles. The lowest BCUT2D eigenvalue weighted by Gasteiger charge is -2.23. The molecule has 0 spiro atoms. The topological polar surface area (TPSA) is 12.9 Å². The van der Waals surface area contributed by atoms with Crippen LogP contribution in [0.25, 0.3) is 22.4 Å². The first-order valence-corrected chi connectivity index (χ1v) is 10.0. The van der Waals surface area contributed by atoms with Crippen LogP contribution >= 0.6 is 0 Å². The van der Waals surface area contributed by atoms with E-state index in [1.807, 2.05) is 12.3 Å². The molecule has 1 heterocycles. The van der Waals surface area contributed by atoms with E-state index in [-0.39, 0.29) is 0 Å². The molecular formula is C25H27N. The Hall–Kier alpha value is -2.41. The first-order valence-electron chi connectivity index (χ1n) is 10.0. The van der Waals surface area contributed by atoms with Gasteiger partial charge in [0, 0.05) is 11.8 Å². The molecular weight excluding hydrogens is 314 g/mol. The Labute approximate surface area is 157 Å². The van der Waals surface area contributed by atoms with Crippen molar-refractivity contribution < 1.29 is 0 Å². The zero-order valence-corrected chi connectivity index (χ0v) is 15.4. The molecule has 3 aromatic rings. The van der Waals surface area contributed by atoms with E-state index in [4.69, 9.17) is 0 Å². The van der Waals surface area contributed by atoms with Crippen molar-refractivity contribution in [1.29, 1.82) is 0 Å². The lowest BCUT2D eigenvalue weighted by molar-refractivity contribution is 0.456. The van der Waals surface area contributed by atoms with Crippen LogP contribution in [0.1, 0.15) is 56.4 Å². The molecule has 1 aromatic heterocycles. The number of benzene rings is 2. The fourth-order valence-corrected chi connectivity index (χ4v) is 4.23. The lowest BCUT2D eigenvalue weighted by atomic mass is 9.82. The van der Waals surface area contributed by atoms with Crippen molar-refractivity contribution in [2.45, 2.75) is 50.9 Å². The van der Waals surface area contributed by atoms with Gasteiger partial charge in [-0.25, -0.2) is 0 Å². The number of aromatic nitrogens is 1. The van der Waals surface area contributed by atoms with E-state index in [0.29, 0.717) is 5.92 Å². The third-order valence-corrected chi connectivity index (χ3v) is 5.64. The maximum Gasteiger partial charge on any atom is 0.0704 e. The summed E-state index contributed by atoms with van der Waals surface area (Å²) in [4.78, 5) is 4.65. The molecule has 0 bridgehead atoms. The normalized spacial score (nSPS) is 16.0. The molecule has 1 aliphatic rings. The Morgan fingerprint density at radius 3 is 2.12 bits per heavy atom. The number of rotatable bonds is 3. The van der Waals surface area contributed by atoms with Gasteiger partial charge >= 0.3 is 0 Å². The molecule has 1 aliphatic carbocycles. The Balaban J connectivity index is 1.78. The van der Waals surface area contributed by atoms with Crippen molar-refractivity contribution in [3.05, 3.63) is 78.5 Å². The lowest BCUT2D eigenvalue weighted by Crippen LogP contribution is -2.05. The molecule has 2 aromatic carbocycles. The number of hydrogen-bond donors (Lipinski definition) is 0. The fourth-order valence-electron chi connectivity index (χ4n) is 4.23. The van der Waals surface area contributed by atoms with E-state index >= 15 is 0 Å². The van der Waals surface area contributed by atoms with Crippen molar-refractivity contribution in [1.82, 2.24) is 4.98 Å². The fraction of sp³-hybridized carbons (Fsp3) is 0.320. The summed E-state index contributed by atoms with van der Waals surface area (Å²) in [5, 5.41) is 0. The Morgan fingerprint density at radius 1 is 0.654 bits per heavy atom. The first kappa shape index (κ1) is 17.0. The van der Waals surface area contributed by atoms with Crippen LogP contribution in [-0.4, -0.2) is 4.98 Å². The molecule has 1 saturated carbocycles. The van der Waals surface area contributed by atoms with Crippen molar-refractivity contribution in [3.63, 3.8) is 0 Å². The standard InChI is InChI=1S/C25H27N/c1-2-5-13-21(14-6-3-1)24-19-22(20-11-7-4-8-12-20)16-17-23(24)25-15-9-10-18-26-25/h4,7-12,15-19,21H,1-3,5-6,13-14H2. The van der Waals surface area contributed by atoms with Crippen LogP contribution in [0.15, 0.2) is 72.9 Å². The van der Waals surface area contributed by atoms with Gasteiger partial charge in [0.05, 0.1) is 5.69 Å². The van der Waals surface area contributed by atoms with Gasteiger partial charge in [-0.15, -0.1) is 0 Å². The Bertz CT molecular complexity index is 815. The Kier molecular flexibility index (Phi) is 5.44. The average Bonchev–Trinajstić information content (AvgIpc) is 2.69. The summed E-state index contributed by atoms with van der Waals surface area (Å²) >= 11 is 0. The van der Waals surface area contributed by atoms with Crippen molar-refractivity contribution >= 4 is 0 Å². The number of hydrogen-bond acceptors (Lipinski definition) is 1. The highest BCUT2D eigenvalue weighted by molar-refractivity contribution is 5.72. The second-order valence-corrected chi connectivity index (χ2v) is 7.43. The van der Waals surface area contributed by atoms with Gasteiger partial charge in [0.1, 0.15) is 0 Å². The SMILES string of the molecule is c1ccc(-c2ccc(-c3ccccn3)c(C3CCCCCCC3)c2)cc1. The highest BCUT2D eigenvalue weighted by Gasteiger charge is 2.19. The molecule has 0 amide bonds. The monoisotopic (exact) mass is 341 g/mol. The van der Waals surface area contributed by atoms with E-state index in [9.17, 15) is 0 Å². The minimum atomic E-state index is 0.649. The van der Waals surface area contributed by atoms with E-state index in [2.05, 4.69) is 65.6 Å². The van der Waals surface area contributed by atoms with Crippen molar-refractivity contribution in [2.75, 3.05) is 0 Å². The quantitative estimate of drug-likeness (QED) is 0.489. The molecule has 1 heteroatoms. The molecule has 1 nitrogen and oxygen atoms in total. The molecule has 26 heavy (non-hydrogen) atoms. The number of pyridine rings is 1. The molecule has 0 aliphatic heterocycles. The van der Waals surface area contributed by atoms with Gasteiger partial charge in [-0.3, -0.25) is 4.98 Å². The third-order valence-electron chi connectivity index (χ3n) is 5.64. The van der Waals surface area contributed by atoms with Gasteiger partial charge in [0.15, 0.2) is 0 Å². The summed E-state index contributed by atoms with van der Waals surface area (Å²) in [7, 11) is 0. The largest absolute Gasteiger partial charge is 0.256 e. The second kappa shape index (κ2) is 8.31. The van der Waals surface area contributed by atoms with Crippen molar-refractivity contribution in [2.24, 2.45) is 0 Å². The first-order chi connectivity index (χ1) is 12.9. The average molecular weight is 341 g/mol. The van der Waals surface area contributed by atoms with Crippen molar-refractivity contribution in [3.8, 4) is 22.4 Å². The van der Waals surface area contributed by atoms with Crippen LogP contribution < -0.4 is 0 Å². The zero-order valence-electron chi connectivity index (χ0n) is 15.4. The molecule has 1 fully saturated rings. The second-order valence-electron chi connectivity index (χ2n) is 7.43. The van der Waals surface area contributed by atoms with E-state index in [0.717, 1.165) is 5.69 Å². The van der Waals surface area contributed by atoms with Gasteiger partial charge in [-0.2, -0.15) is 0 Å².